The van der Waals surface area contributed by atoms with E-state index in [1.54, 1.807) is 0 Å². The van der Waals surface area contributed by atoms with Crippen molar-refractivity contribution in [2.45, 2.75) is 238 Å². The van der Waals surface area contributed by atoms with Crippen LogP contribution in [0.1, 0.15) is 232 Å². The molecule has 0 amide bonds. The van der Waals surface area contributed by atoms with E-state index in [9.17, 15) is 19.0 Å². The number of unbranched alkanes of at least 4 members (excludes halogenated alkanes) is 28. The quantitative estimate of drug-likeness (QED) is 0.0266. The number of phosphoric acid groups is 1. The van der Waals surface area contributed by atoms with Gasteiger partial charge in [0, 0.05) is 19.4 Å². The number of hydrogen-bond donors (Lipinski definition) is 2. The molecule has 9 nitrogen and oxygen atoms in total. The second kappa shape index (κ2) is 44.1. The summed E-state index contributed by atoms with van der Waals surface area (Å²) in [6, 6.07) is 0. The van der Waals surface area contributed by atoms with E-state index in [1.807, 2.05) is 0 Å². The maximum absolute atomic E-state index is 12.6. The smallest absolute Gasteiger partial charge is 0.462 e. The van der Waals surface area contributed by atoms with Gasteiger partial charge in [0.05, 0.1) is 13.2 Å². The van der Waals surface area contributed by atoms with Gasteiger partial charge in [-0.25, -0.2) is 4.57 Å². The third kappa shape index (κ3) is 43.9. The van der Waals surface area contributed by atoms with E-state index < -0.39 is 26.5 Å². The summed E-state index contributed by atoms with van der Waals surface area (Å²) in [5, 5.41) is 0. The first-order valence-corrected chi connectivity index (χ1v) is 25.3. The average molecular weight is 828 g/mol. The molecule has 0 aliphatic carbocycles. The Morgan fingerprint density at radius 3 is 1.26 bits per heavy atom. The molecule has 0 aliphatic heterocycles. The van der Waals surface area contributed by atoms with Gasteiger partial charge in [-0.1, -0.05) is 179 Å². The van der Waals surface area contributed by atoms with Crippen LogP contribution < -0.4 is 5.73 Å². The Morgan fingerprint density at radius 2 is 0.860 bits per heavy atom. The molecular weight excluding hydrogens is 737 g/mol. The Morgan fingerprint density at radius 1 is 0.509 bits per heavy atom. The van der Waals surface area contributed by atoms with E-state index >= 15 is 0 Å². The van der Waals surface area contributed by atoms with Gasteiger partial charge in [-0.15, -0.1) is 0 Å². The summed E-state index contributed by atoms with van der Waals surface area (Å²) in [6.45, 7) is 3.74. The molecule has 3 N–H and O–H groups in total. The molecule has 0 saturated heterocycles. The lowest BCUT2D eigenvalue weighted by Crippen LogP contribution is -2.29. The fraction of sp³-hybridized carbons (Fsp3) is 0.872. The van der Waals surface area contributed by atoms with Gasteiger partial charge >= 0.3 is 19.8 Å². The van der Waals surface area contributed by atoms with Crippen LogP contribution in [-0.4, -0.2) is 49.3 Å². The van der Waals surface area contributed by atoms with Crippen LogP contribution in [0.2, 0.25) is 0 Å². The van der Waals surface area contributed by atoms with Crippen molar-refractivity contribution < 1.29 is 37.6 Å². The summed E-state index contributed by atoms with van der Waals surface area (Å²) in [5.41, 5.74) is 5.36. The van der Waals surface area contributed by atoms with Crippen molar-refractivity contribution in [2.24, 2.45) is 5.73 Å². The largest absolute Gasteiger partial charge is 0.472 e. The predicted molar refractivity (Wildman–Crippen MR) is 238 cm³/mol. The van der Waals surface area contributed by atoms with Gasteiger partial charge in [-0.3, -0.25) is 18.6 Å². The number of hydrogen-bond acceptors (Lipinski definition) is 8. The number of ether oxygens (including phenoxy) is 2. The molecule has 336 valence electrons. The van der Waals surface area contributed by atoms with Crippen LogP contribution in [0.5, 0.6) is 0 Å². The zero-order chi connectivity index (χ0) is 41.8. The van der Waals surface area contributed by atoms with Gasteiger partial charge in [0.2, 0.25) is 0 Å². The SMILES string of the molecule is CCCCCC/C=C/CCCCCCCCCC(=O)OC[C@H](COP(=O)(O)OCCN)OC(=O)CCCCCCCCCCCCC/C=C/CCCCCCCC. The second-order valence-corrected chi connectivity index (χ2v) is 17.4. The summed E-state index contributed by atoms with van der Waals surface area (Å²) in [7, 11) is -4.38. The normalized spacial score (nSPS) is 13.4. The Kier molecular flexibility index (Phi) is 42.9. The van der Waals surface area contributed by atoms with Gasteiger partial charge in [0.15, 0.2) is 6.10 Å². The number of carbonyl (C=O) groups excluding carboxylic acids is 2. The van der Waals surface area contributed by atoms with E-state index in [2.05, 4.69) is 38.2 Å². The maximum atomic E-state index is 12.6. The molecule has 2 atom stereocenters. The summed E-state index contributed by atoms with van der Waals surface area (Å²) >= 11 is 0. The molecular formula is C47H90NO8P. The first-order chi connectivity index (χ1) is 27.8. The summed E-state index contributed by atoms with van der Waals surface area (Å²) in [5.74, 6) is -0.826. The van der Waals surface area contributed by atoms with Crippen LogP contribution in [0.15, 0.2) is 24.3 Å². The summed E-state index contributed by atoms with van der Waals surface area (Å²) in [6.07, 6.45) is 47.8. The highest BCUT2D eigenvalue weighted by Gasteiger charge is 2.26. The zero-order valence-corrected chi connectivity index (χ0v) is 38.0. The molecule has 0 bridgehead atoms. The third-order valence-corrected chi connectivity index (χ3v) is 11.3. The van der Waals surface area contributed by atoms with Crippen molar-refractivity contribution in [1.29, 1.82) is 0 Å². The van der Waals surface area contributed by atoms with Crippen molar-refractivity contribution in [2.75, 3.05) is 26.4 Å². The van der Waals surface area contributed by atoms with Gasteiger partial charge < -0.3 is 20.1 Å². The molecule has 0 spiro atoms. The molecule has 0 heterocycles. The second-order valence-electron chi connectivity index (χ2n) is 16.0. The Hall–Kier alpha value is -1.51. The minimum Gasteiger partial charge on any atom is -0.462 e. The van der Waals surface area contributed by atoms with Crippen LogP contribution in [0.25, 0.3) is 0 Å². The third-order valence-electron chi connectivity index (χ3n) is 10.3. The van der Waals surface area contributed by atoms with Gasteiger partial charge in [0.25, 0.3) is 0 Å². The zero-order valence-electron chi connectivity index (χ0n) is 37.1. The minimum atomic E-state index is -4.38. The molecule has 0 fully saturated rings. The highest BCUT2D eigenvalue weighted by Crippen LogP contribution is 2.43. The molecule has 0 rings (SSSR count). The van der Waals surface area contributed by atoms with Gasteiger partial charge in [0.1, 0.15) is 6.61 Å². The lowest BCUT2D eigenvalue weighted by Gasteiger charge is -2.19. The number of phosphoric ester groups is 1. The first kappa shape index (κ1) is 55.5. The molecule has 0 aromatic rings. The molecule has 0 aromatic carbocycles. The Balaban J connectivity index is 4.06. The van der Waals surface area contributed by atoms with Gasteiger partial charge in [-0.05, 0) is 64.2 Å². The average Bonchev–Trinajstić information content (AvgIpc) is 3.20. The Labute approximate surface area is 351 Å². The van der Waals surface area contributed by atoms with Crippen molar-refractivity contribution >= 4 is 19.8 Å². The standard InChI is InChI=1S/C47H90NO8P/c1-3-5-7-9-11-13-15-17-19-20-21-22-23-24-26-28-30-32-34-36-38-40-47(50)56-45(44-55-57(51,52)54-42-41-48)43-53-46(49)39-37-35-33-31-29-27-25-18-16-14-12-10-8-6-4-2/h14,16-17,19,45H,3-13,15,18,20-44,48H2,1-2H3,(H,51,52)/b16-14+,19-17+/t45-/m1/s1. The van der Waals surface area contributed by atoms with E-state index in [1.165, 1.54) is 148 Å². The fourth-order valence-corrected chi connectivity index (χ4v) is 7.51. The maximum Gasteiger partial charge on any atom is 0.472 e. The number of esters is 2. The summed E-state index contributed by atoms with van der Waals surface area (Å²) in [4.78, 5) is 34.9. The molecule has 10 heteroatoms. The van der Waals surface area contributed by atoms with Crippen LogP contribution in [0.3, 0.4) is 0 Å². The molecule has 1 unspecified atom stereocenters. The minimum absolute atomic E-state index is 0.0541. The monoisotopic (exact) mass is 828 g/mol. The van der Waals surface area contributed by atoms with E-state index in [-0.39, 0.29) is 38.6 Å². The molecule has 0 saturated carbocycles. The Bertz CT molecular complexity index is 990. The van der Waals surface area contributed by atoms with Crippen molar-refractivity contribution in [3.63, 3.8) is 0 Å². The van der Waals surface area contributed by atoms with Crippen molar-refractivity contribution in [1.82, 2.24) is 0 Å². The molecule has 57 heavy (non-hydrogen) atoms. The highest BCUT2D eigenvalue weighted by atomic mass is 31.2. The topological polar surface area (TPSA) is 134 Å². The number of allylic oxidation sites excluding steroid dienone is 4. The number of rotatable bonds is 45. The fourth-order valence-electron chi connectivity index (χ4n) is 6.74. The van der Waals surface area contributed by atoms with Crippen LogP contribution in [0, 0.1) is 0 Å². The van der Waals surface area contributed by atoms with E-state index in [0.29, 0.717) is 6.42 Å². The van der Waals surface area contributed by atoms with E-state index in [4.69, 9.17) is 24.3 Å². The molecule has 0 aliphatic rings. The lowest BCUT2D eigenvalue weighted by molar-refractivity contribution is -0.161. The van der Waals surface area contributed by atoms with Crippen LogP contribution in [-0.2, 0) is 32.7 Å². The lowest BCUT2D eigenvalue weighted by atomic mass is 10.0. The number of carbonyl (C=O) groups is 2. The van der Waals surface area contributed by atoms with Crippen LogP contribution in [0.4, 0.5) is 0 Å². The molecule has 0 aromatic heterocycles. The van der Waals surface area contributed by atoms with Crippen molar-refractivity contribution in [3.8, 4) is 0 Å². The summed E-state index contributed by atoms with van der Waals surface area (Å²) < 4.78 is 32.9. The van der Waals surface area contributed by atoms with Gasteiger partial charge in [-0.2, -0.15) is 0 Å². The van der Waals surface area contributed by atoms with Crippen LogP contribution >= 0.6 is 7.82 Å². The highest BCUT2D eigenvalue weighted by molar-refractivity contribution is 7.47. The van der Waals surface area contributed by atoms with E-state index in [0.717, 1.165) is 51.4 Å². The molecule has 0 radical (unpaired) electrons. The number of nitrogens with two attached hydrogens (primary N) is 1. The first-order valence-electron chi connectivity index (χ1n) is 23.8. The predicted octanol–water partition coefficient (Wildman–Crippen LogP) is 13.9. The van der Waals surface area contributed by atoms with Crippen molar-refractivity contribution in [3.05, 3.63) is 24.3 Å².